The molecule has 1 fully saturated rings. The lowest BCUT2D eigenvalue weighted by Crippen LogP contribution is -2.39. The van der Waals surface area contributed by atoms with Crippen LogP contribution in [0, 0.1) is 5.92 Å². The summed E-state index contributed by atoms with van der Waals surface area (Å²) in [6, 6.07) is 9.34. The number of aromatic nitrogens is 2. The summed E-state index contributed by atoms with van der Waals surface area (Å²) in [5.41, 5.74) is 1.54. The third-order valence-electron chi connectivity index (χ3n) is 4.22. The molecule has 1 saturated heterocycles. The Hall–Kier alpha value is -2.14. The molecule has 0 aliphatic carbocycles. The summed E-state index contributed by atoms with van der Waals surface area (Å²) in [5.74, 6) is 1.18. The number of nitrogens with one attached hydrogen (secondary N) is 1. The van der Waals surface area contributed by atoms with Gasteiger partial charge in [-0.15, -0.1) is 0 Å². The van der Waals surface area contributed by atoms with E-state index in [1.165, 1.54) is 12.7 Å². The van der Waals surface area contributed by atoms with Crippen LogP contribution >= 0.6 is 11.6 Å². The van der Waals surface area contributed by atoms with Gasteiger partial charge in [-0.3, -0.25) is 4.79 Å². The van der Waals surface area contributed by atoms with Gasteiger partial charge in [0.05, 0.1) is 0 Å². The van der Waals surface area contributed by atoms with E-state index in [1.807, 2.05) is 29.2 Å². The largest absolute Gasteiger partial charge is 0.366 e. The summed E-state index contributed by atoms with van der Waals surface area (Å²) in [5, 5.41) is 3.93. The molecule has 5 nitrogen and oxygen atoms in total. The summed E-state index contributed by atoms with van der Waals surface area (Å²) in [6.07, 6.45) is 3.67. The van der Waals surface area contributed by atoms with Crippen LogP contribution in [0.1, 0.15) is 35.8 Å². The van der Waals surface area contributed by atoms with Crippen molar-refractivity contribution in [2.75, 3.05) is 18.4 Å². The zero-order valence-electron chi connectivity index (χ0n) is 13.7. The lowest BCUT2D eigenvalue weighted by molar-refractivity contribution is 0.0677. The van der Waals surface area contributed by atoms with E-state index in [2.05, 4.69) is 22.2 Å². The Kier molecular flexibility index (Phi) is 5.30. The average Bonchev–Trinajstić information content (AvgIpc) is 2.61. The highest BCUT2D eigenvalue weighted by Crippen LogP contribution is 2.18. The predicted molar refractivity (Wildman–Crippen MR) is 95.1 cm³/mol. The second kappa shape index (κ2) is 7.62. The number of hydrogen-bond donors (Lipinski definition) is 1. The van der Waals surface area contributed by atoms with Gasteiger partial charge in [-0.25, -0.2) is 9.97 Å². The molecule has 2 heterocycles. The molecule has 6 heteroatoms. The first-order valence-electron chi connectivity index (χ1n) is 8.21. The van der Waals surface area contributed by atoms with Crippen LogP contribution in [-0.4, -0.2) is 33.9 Å². The van der Waals surface area contributed by atoms with Gasteiger partial charge in [0.2, 0.25) is 0 Å². The summed E-state index contributed by atoms with van der Waals surface area (Å²) in [6.45, 7) is 4.40. The second-order valence-electron chi connectivity index (χ2n) is 6.27. The zero-order chi connectivity index (χ0) is 16.9. The first kappa shape index (κ1) is 16.7. The minimum atomic E-state index is -0.0153. The van der Waals surface area contributed by atoms with Crippen LogP contribution in [-0.2, 0) is 6.54 Å². The van der Waals surface area contributed by atoms with Crippen LogP contribution in [0.3, 0.4) is 0 Å². The van der Waals surface area contributed by atoms with Crippen molar-refractivity contribution >= 4 is 23.3 Å². The van der Waals surface area contributed by atoms with Gasteiger partial charge in [-0.05, 0) is 36.5 Å². The molecule has 0 bridgehead atoms. The van der Waals surface area contributed by atoms with Crippen molar-refractivity contribution in [2.24, 2.45) is 5.92 Å². The lowest BCUT2D eigenvalue weighted by atomic mass is 10.00. The number of halogens is 1. The number of rotatable bonds is 4. The number of anilines is 1. The molecular weight excluding hydrogens is 324 g/mol. The molecule has 24 heavy (non-hydrogen) atoms. The van der Waals surface area contributed by atoms with E-state index in [0.717, 1.165) is 25.1 Å². The Labute approximate surface area is 147 Å². The number of likely N-dealkylation sites (tertiary alicyclic amines) is 1. The monoisotopic (exact) mass is 344 g/mol. The fourth-order valence-corrected chi connectivity index (χ4v) is 3.03. The van der Waals surface area contributed by atoms with Gasteiger partial charge >= 0.3 is 0 Å². The van der Waals surface area contributed by atoms with E-state index >= 15 is 0 Å². The highest BCUT2D eigenvalue weighted by molar-refractivity contribution is 6.30. The smallest absolute Gasteiger partial charge is 0.272 e. The Morgan fingerprint density at radius 2 is 2.12 bits per heavy atom. The first-order chi connectivity index (χ1) is 11.6. The standard InChI is InChI=1S/C18H21ClN4O/c1-13-3-2-8-23(11-13)18(24)16-9-17(22-12-21-16)20-10-14-4-6-15(19)7-5-14/h4-7,9,12-13H,2-3,8,10-11H2,1H3,(H,20,21,22). The Bertz CT molecular complexity index is 704. The Morgan fingerprint density at radius 3 is 2.88 bits per heavy atom. The van der Waals surface area contributed by atoms with Gasteiger partial charge in [0.1, 0.15) is 17.8 Å². The number of piperidine rings is 1. The minimum absolute atomic E-state index is 0.0153. The van der Waals surface area contributed by atoms with E-state index in [0.29, 0.717) is 29.0 Å². The highest BCUT2D eigenvalue weighted by atomic mass is 35.5. The van der Waals surface area contributed by atoms with Crippen molar-refractivity contribution in [1.29, 1.82) is 0 Å². The molecule has 126 valence electrons. The molecule has 1 aliphatic rings. The molecule has 1 unspecified atom stereocenters. The topological polar surface area (TPSA) is 58.1 Å². The lowest BCUT2D eigenvalue weighted by Gasteiger charge is -2.30. The second-order valence-corrected chi connectivity index (χ2v) is 6.70. The molecule has 1 aromatic carbocycles. The highest BCUT2D eigenvalue weighted by Gasteiger charge is 2.23. The van der Waals surface area contributed by atoms with Gasteiger partial charge < -0.3 is 10.2 Å². The molecule has 3 rings (SSSR count). The number of hydrogen-bond acceptors (Lipinski definition) is 4. The molecule has 1 atom stereocenters. The molecule has 0 saturated carbocycles. The molecule has 0 radical (unpaired) electrons. The summed E-state index contributed by atoms with van der Waals surface area (Å²) in [4.78, 5) is 22.8. The maximum absolute atomic E-state index is 12.6. The van der Waals surface area contributed by atoms with Crippen molar-refractivity contribution < 1.29 is 4.79 Å². The molecule has 1 amide bonds. The third kappa shape index (κ3) is 4.23. The van der Waals surface area contributed by atoms with Crippen molar-refractivity contribution in [2.45, 2.75) is 26.3 Å². The normalized spacial score (nSPS) is 17.6. The SMILES string of the molecule is CC1CCCN(C(=O)c2cc(NCc3ccc(Cl)cc3)ncn2)C1. The molecule has 0 spiro atoms. The van der Waals surface area contributed by atoms with E-state index in [9.17, 15) is 4.79 Å². The number of carbonyl (C=O) groups is 1. The maximum Gasteiger partial charge on any atom is 0.272 e. The molecule has 1 N–H and O–H groups in total. The molecule has 2 aromatic rings. The van der Waals surface area contributed by atoms with E-state index < -0.39 is 0 Å². The van der Waals surface area contributed by atoms with Crippen molar-refractivity contribution in [3.05, 3.63) is 52.9 Å². The third-order valence-corrected chi connectivity index (χ3v) is 4.47. The maximum atomic E-state index is 12.6. The van der Waals surface area contributed by atoms with Crippen LogP contribution in [0.15, 0.2) is 36.7 Å². The van der Waals surface area contributed by atoms with E-state index in [4.69, 9.17) is 11.6 Å². The van der Waals surface area contributed by atoms with Gasteiger partial charge in [0.25, 0.3) is 5.91 Å². The van der Waals surface area contributed by atoms with Crippen molar-refractivity contribution in [3.8, 4) is 0 Å². The minimum Gasteiger partial charge on any atom is -0.366 e. The van der Waals surface area contributed by atoms with Crippen LogP contribution in [0.4, 0.5) is 5.82 Å². The van der Waals surface area contributed by atoms with Crippen LogP contribution in [0.25, 0.3) is 0 Å². The zero-order valence-corrected chi connectivity index (χ0v) is 14.5. The quantitative estimate of drug-likeness (QED) is 0.920. The van der Waals surface area contributed by atoms with Crippen molar-refractivity contribution in [3.63, 3.8) is 0 Å². The number of nitrogens with zero attached hydrogens (tertiary/aromatic N) is 3. The molecule has 1 aromatic heterocycles. The fraction of sp³-hybridized carbons (Fsp3) is 0.389. The number of benzene rings is 1. The Balaban J connectivity index is 1.65. The van der Waals surface area contributed by atoms with Crippen LogP contribution < -0.4 is 5.32 Å². The molecule has 1 aliphatic heterocycles. The first-order valence-corrected chi connectivity index (χ1v) is 8.59. The van der Waals surface area contributed by atoms with E-state index in [-0.39, 0.29) is 5.91 Å². The van der Waals surface area contributed by atoms with Gasteiger partial charge in [0, 0.05) is 30.7 Å². The summed E-state index contributed by atoms with van der Waals surface area (Å²) >= 11 is 5.89. The predicted octanol–water partition coefficient (Wildman–Crippen LogP) is 3.61. The van der Waals surface area contributed by atoms with Crippen LogP contribution in [0.2, 0.25) is 5.02 Å². The Morgan fingerprint density at radius 1 is 1.33 bits per heavy atom. The van der Waals surface area contributed by atoms with Crippen LogP contribution in [0.5, 0.6) is 0 Å². The number of amides is 1. The van der Waals surface area contributed by atoms with Gasteiger partial charge in [-0.2, -0.15) is 0 Å². The van der Waals surface area contributed by atoms with E-state index in [1.54, 1.807) is 6.07 Å². The average molecular weight is 345 g/mol. The fourth-order valence-electron chi connectivity index (χ4n) is 2.90. The summed E-state index contributed by atoms with van der Waals surface area (Å²) in [7, 11) is 0. The summed E-state index contributed by atoms with van der Waals surface area (Å²) < 4.78 is 0. The number of carbonyl (C=O) groups excluding carboxylic acids is 1. The van der Waals surface area contributed by atoms with Gasteiger partial charge in [0.15, 0.2) is 0 Å². The molecular formula is C18H21ClN4O. The van der Waals surface area contributed by atoms with Gasteiger partial charge in [-0.1, -0.05) is 30.7 Å². The van der Waals surface area contributed by atoms with Crippen molar-refractivity contribution in [1.82, 2.24) is 14.9 Å².